The maximum atomic E-state index is 5.64. The molecule has 1 rings (SSSR count). The molecule has 1 aromatic heterocycles. The van der Waals surface area contributed by atoms with E-state index in [2.05, 4.69) is 17.2 Å². The number of rotatable bonds is 9. The molecule has 19 heavy (non-hydrogen) atoms. The van der Waals surface area contributed by atoms with E-state index in [0.29, 0.717) is 0 Å². The number of nitrogens with zero attached hydrogens (tertiary/aromatic N) is 1. The molecule has 0 spiro atoms. The minimum absolute atomic E-state index is 0.777. The van der Waals surface area contributed by atoms with E-state index in [-0.39, 0.29) is 0 Å². The monoisotopic (exact) mass is 284 g/mol. The van der Waals surface area contributed by atoms with Crippen LogP contribution >= 0.6 is 11.6 Å². The van der Waals surface area contributed by atoms with Crippen molar-refractivity contribution in [1.82, 2.24) is 10.3 Å². The topological polar surface area (TPSA) is 34.1 Å². The molecule has 0 saturated heterocycles. The Hall–Kier alpha value is -0.800. The molecule has 0 aliphatic heterocycles. The molecule has 1 N–H and O–H groups in total. The predicted octanol–water partition coefficient (Wildman–Crippen LogP) is 3.60. The van der Waals surface area contributed by atoms with Crippen LogP contribution in [-0.2, 0) is 6.54 Å². The molecule has 0 radical (unpaired) electrons. The van der Waals surface area contributed by atoms with Crippen molar-refractivity contribution in [1.29, 1.82) is 0 Å². The van der Waals surface area contributed by atoms with E-state index in [1.54, 1.807) is 7.11 Å². The van der Waals surface area contributed by atoms with Gasteiger partial charge in [0.1, 0.15) is 5.75 Å². The van der Waals surface area contributed by atoms with Crippen molar-refractivity contribution in [2.75, 3.05) is 19.5 Å². The molecule has 1 aromatic rings. The number of unbranched alkanes of at least 4 members (excludes halogenated alkanes) is 3. The standard InChI is InChI=1S/C15H25ClN2O/c1-12-10-18-14(13(2)15(12)19-3)11-17-9-7-5-4-6-8-16/h10,17H,4-9,11H2,1-3H3. The van der Waals surface area contributed by atoms with Crippen LogP contribution in [0.15, 0.2) is 6.20 Å². The third-order valence-electron chi connectivity index (χ3n) is 3.28. The van der Waals surface area contributed by atoms with E-state index in [0.717, 1.165) is 48.0 Å². The molecule has 108 valence electrons. The lowest BCUT2D eigenvalue weighted by atomic mass is 10.1. The molecule has 0 amide bonds. The fourth-order valence-corrected chi connectivity index (χ4v) is 2.34. The molecule has 0 bridgehead atoms. The van der Waals surface area contributed by atoms with Crippen LogP contribution in [0.4, 0.5) is 0 Å². The first-order valence-corrected chi connectivity index (χ1v) is 7.50. The number of ether oxygens (including phenoxy) is 1. The molecule has 0 aromatic carbocycles. The molecule has 0 saturated carbocycles. The Morgan fingerprint density at radius 2 is 1.95 bits per heavy atom. The van der Waals surface area contributed by atoms with Crippen molar-refractivity contribution >= 4 is 11.6 Å². The van der Waals surface area contributed by atoms with E-state index in [9.17, 15) is 0 Å². The molecule has 0 aliphatic rings. The second kappa shape index (κ2) is 9.16. The first-order valence-electron chi connectivity index (χ1n) is 6.96. The van der Waals surface area contributed by atoms with Gasteiger partial charge in [0.15, 0.2) is 0 Å². The highest BCUT2D eigenvalue weighted by Gasteiger charge is 2.08. The molecule has 0 unspecified atom stereocenters. The van der Waals surface area contributed by atoms with Gasteiger partial charge in [0.2, 0.25) is 0 Å². The van der Waals surface area contributed by atoms with Crippen molar-refractivity contribution < 1.29 is 4.74 Å². The zero-order chi connectivity index (χ0) is 14.1. The van der Waals surface area contributed by atoms with Crippen LogP contribution in [0.2, 0.25) is 0 Å². The average Bonchev–Trinajstić information content (AvgIpc) is 2.40. The van der Waals surface area contributed by atoms with E-state index in [4.69, 9.17) is 16.3 Å². The van der Waals surface area contributed by atoms with Crippen LogP contribution in [0.3, 0.4) is 0 Å². The zero-order valence-electron chi connectivity index (χ0n) is 12.3. The lowest BCUT2D eigenvalue weighted by Gasteiger charge is -2.12. The van der Waals surface area contributed by atoms with E-state index < -0.39 is 0 Å². The predicted molar refractivity (Wildman–Crippen MR) is 81.2 cm³/mol. The normalized spacial score (nSPS) is 10.7. The summed E-state index contributed by atoms with van der Waals surface area (Å²) in [6, 6.07) is 0. The summed E-state index contributed by atoms with van der Waals surface area (Å²) in [6.45, 7) is 5.92. The number of aryl methyl sites for hydroxylation is 1. The second-order valence-corrected chi connectivity index (χ2v) is 5.20. The number of aromatic nitrogens is 1. The summed E-state index contributed by atoms with van der Waals surface area (Å²) >= 11 is 5.64. The summed E-state index contributed by atoms with van der Waals surface area (Å²) in [5.74, 6) is 1.73. The molecule has 3 nitrogen and oxygen atoms in total. The van der Waals surface area contributed by atoms with Crippen LogP contribution in [-0.4, -0.2) is 24.5 Å². The Bertz CT molecular complexity index is 383. The van der Waals surface area contributed by atoms with Crippen molar-refractivity contribution in [3.8, 4) is 5.75 Å². The zero-order valence-corrected chi connectivity index (χ0v) is 13.0. The number of halogens is 1. The number of methoxy groups -OCH3 is 1. The lowest BCUT2D eigenvalue weighted by molar-refractivity contribution is 0.406. The maximum absolute atomic E-state index is 5.64. The van der Waals surface area contributed by atoms with Crippen LogP contribution in [0.1, 0.15) is 42.5 Å². The van der Waals surface area contributed by atoms with Gasteiger partial charge in [-0.25, -0.2) is 0 Å². The van der Waals surface area contributed by atoms with Gasteiger partial charge in [-0.1, -0.05) is 12.8 Å². The van der Waals surface area contributed by atoms with Gasteiger partial charge in [0.25, 0.3) is 0 Å². The van der Waals surface area contributed by atoms with Gasteiger partial charge in [-0.05, 0) is 33.2 Å². The highest BCUT2D eigenvalue weighted by molar-refractivity contribution is 6.17. The highest BCUT2D eigenvalue weighted by Crippen LogP contribution is 2.23. The van der Waals surface area contributed by atoms with Crippen molar-refractivity contribution in [3.05, 3.63) is 23.0 Å². The quantitative estimate of drug-likeness (QED) is 0.556. The second-order valence-electron chi connectivity index (χ2n) is 4.83. The number of hydrogen-bond acceptors (Lipinski definition) is 3. The van der Waals surface area contributed by atoms with Crippen LogP contribution in [0.25, 0.3) is 0 Å². The Morgan fingerprint density at radius 1 is 1.21 bits per heavy atom. The minimum atomic E-state index is 0.777. The van der Waals surface area contributed by atoms with Crippen molar-refractivity contribution in [2.24, 2.45) is 0 Å². The Balaban J connectivity index is 2.33. The third-order valence-corrected chi connectivity index (χ3v) is 3.55. The molecule has 1 heterocycles. The summed E-state index contributed by atoms with van der Waals surface area (Å²) in [6.07, 6.45) is 6.66. The third kappa shape index (κ3) is 5.37. The van der Waals surface area contributed by atoms with Crippen molar-refractivity contribution in [3.63, 3.8) is 0 Å². The number of nitrogens with one attached hydrogen (secondary N) is 1. The Labute approximate surface area is 121 Å². The van der Waals surface area contributed by atoms with E-state index in [1.807, 2.05) is 13.1 Å². The number of pyridine rings is 1. The summed E-state index contributed by atoms with van der Waals surface area (Å²) in [5, 5.41) is 3.44. The van der Waals surface area contributed by atoms with Crippen LogP contribution in [0.5, 0.6) is 5.75 Å². The molecular formula is C15H25ClN2O. The first kappa shape index (κ1) is 16.3. The minimum Gasteiger partial charge on any atom is -0.496 e. The first-order chi connectivity index (χ1) is 9.20. The number of hydrogen-bond donors (Lipinski definition) is 1. The van der Waals surface area contributed by atoms with Crippen LogP contribution in [0, 0.1) is 13.8 Å². The van der Waals surface area contributed by atoms with Gasteiger partial charge < -0.3 is 10.1 Å². The summed E-state index contributed by atoms with van der Waals surface area (Å²) < 4.78 is 5.41. The van der Waals surface area contributed by atoms with Gasteiger partial charge >= 0.3 is 0 Å². The summed E-state index contributed by atoms with van der Waals surface area (Å²) in [7, 11) is 1.71. The number of alkyl halides is 1. The molecule has 0 fully saturated rings. The van der Waals surface area contributed by atoms with Crippen molar-refractivity contribution in [2.45, 2.75) is 46.1 Å². The largest absolute Gasteiger partial charge is 0.496 e. The maximum Gasteiger partial charge on any atom is 0.128 e. The van der Waals surface area contributed by atoms with E-state index in [1.165, 1.54) is 19.3 Å². The van der Waals surface area contributed by atoms with Gasteiger partial charge in [-0.3, -0.25) is 4.98 Å². The van der Waals surface area contributed by atoms with Gasteiger partial charge in [-0.2, -0.15) is 0 Å². The van der Waals surface area contributed by atoms with Gasteiger partial charge in [0, 0.05) is 29.7 Å². The smallest absolute Gasteiger partial charge is 0.128 e. The fourth-order valence-electron chi connectivity index (χ4n) is 2.15. The molecule has 0 atom stereocenters. The Morgan fingerprint density at radius 3 is 2.63 bits per heavy atom. The van der Waals surface area contributed by atoms with Gasteiger partial charge in [0.05, 0.1) is 12.8 Å². The Kier molecular flexibility index (Phi) is 7.84. The molecule has 4 heteroatoms. The average molecular weight is 285 g/mol. The molecular weight excluding hydrogens is 260 g/mol. The highest BCUT2D eigenvalue weighted by atomic mass is 35.5. The summed E-state index contributed by atoms with van der Waals surface area (Å²) in [5.41, 5.74) is 3.30. The summed E-state index contributed by atoms with van der Waals surface area (Å²) in [4.78, 5) is 4.47. The van der Waals surface area contributed by atoms with E-state index >= 15 is 0 Å². The SMILES string of the molecule is COc1c(C)cnc(CNCCCCCCCl)c1C. The van der Waals surface area contributed by atoms with Gasteiger partial charge in [-0.15, -0.1) is 11.6 Å². The molecule has 0 aliphatic carbocycles. The van der Waals surface area contributed by atoms with Crippen LogP contribution < -0.4 is 10.1 Å². The lowest BCUT2D eigenvalue weighted by Crippen LogP contribution is -2.17. The fraction of sp³-hybridized carbons (Fsp3) is 0.667.